The Morgan fingerprint density at radius 2 is 2.44 bits per heavy atom. The van der Waals surface area contributed by atoms with E-state index in [0.29, 0.717) is 0 Å². The summed E-state index contributed by atoms with van der Waals surface area (Å²) >= 11 is 0. The average molecular weight is 127 g/mol. The van der Waals surface area contributed by atoms with Crippen molar-refractivity contribution in [3.05, 3.63) is 11.8 Å². The highest BCUT2D eigenvalue weighted by atomic mass is 16.3. The Hall–Kier alpha value is -0.500. The van der Waals surface area contributed by atoms with Crippen molar-refractivity contribution >= 4 is 0 Å². The molecule has 52 valence electrons. The summed E-state index contributed by atoms with van der Waals surface area (Å²) in [6.45, 7) is 2.00. The lowest BCUT2D eigenvalue weighted by molar-refractivity contribution is 0.0700. The fourth-order valence-corrected chi connectivity index (χ4v) is 1.19. The van der Waals surface area contributed by atoms with E-state index < -0.39 is 0 Å². The second-order valence-corrected chi connectivity index (χ2v) is 2.41. The van der Waals surface area contributed by atoms with Gasteiger partial charge in [0.25, 0.3) is 0 Å². The molecule has 0 aliphatic carbocycles. The molecule has 1 rings (SSSR count). The summed E-state index contributed by atoms with van der Waals surface area (Å²) in [5, 5.41) is 9.18. The van der Waals surface area contributed by atoms with Gasteiger partial charge in [-0.3, -0.25) is 0 Å². The molecule has 0 aromatic heterocycles. The smallest absolute Gasteiger partial charge is 0.126 e. The van der Waals surface area contributed by atoms with E-state index in [-0.39, 0.29) is 6.23 Å². The first-order chi connectivity index (χ1) is 4.25. The maximum absolute atomic E-state index is 9.18. The van der Waals surface area contributed by atoms with E-state index in [1.807, 2.05) is 18.9 Å². The van der Waals surface area contributed by atoms with Gasteiger partial charge in [0.2, 0.25) is 0 Å². The number of allylic oxidation sites excluding steroid dienone is 2. The van der Waals surface area contributed by atoms with Crippen LogP contribution in [-0.4, -0.2) is 23.3 Å². The first-order valence-corrected chi connectivity index (χ1v) is 3.32. The van der Waals surface area contributed by atoms with Gasteiger partial charge in [0.1, 0.15) is 6.23 Å². The monoisotopic (exact) mass is 127 g/mol. The van der Waals surface area contributed by atoms with E-state index in [0.717, 1.165) is 12.8 Å². The quantitative estimate of drug-likeness (QED) is 0.523. The summed E-state index contributed by atoms with van der Waals surface area (Å²) in [4.78, 5) is 1.92. The summed E-state index contributed by atoms with van der Waals surface area (Å²) in [7, 11) is 1.92. The lowest BCUT2D eigenvalue weighted by Crippen LogP contribution is -2.22. The molecular formula is C7H13NO. The standard InChI is InChI=1S/C7H13NO/c1-3-6-4-5-7(9)8(6)2/h3,7,9H,4-5H2,1-2H3/b6-3+. The van der Waals surface area contributed by atoms with Crippen molar-refractivity contribution in [1.29, 1.82) is 0 Å². The summed E-state index contributed by atoms with van der Waals surface area (Å²) in [5.74, 6) is 0. The Bertz CT molecular complexity index is 131. The Kier molecular flexibility index (Phi) is 1.76. The van der Waals surface area contributed by atoms with Crippen LogP contribution in [0.1, 0.15) is 19.8 Å². The van der Waals surface area contributed by atoms with Crippen LogP contribution in [0, 0.1) is 0 Å². The maximum Gasteiger partial charge on any atom is 0.126 e. The Labute approximate surface area is 55.8 Å². The molecule has 1 N–H and O–H groups in total. The third-order valence-electron chi connectivity index (χ3n) is 1.89. The molecule has 2 heteroatoms. The van der Waals surface area contributed by atoms with Gasteiger partial charge in [-0.15, -0.1) is 0 Å². The van der Waals surface area contributed by atoms with Crippen LogP contribution >= 0.6 is 0 Å². The predicted molar refractivity (Wildman–Crippen MR) is 36.8 cm³/mol. The van der Waals surface area contributed by atoms with E-state index in [1.165, 1.54) is 5.70 Å². The zero-order valence-electron chi connectivity index (χ0n) is 5.96. The minimum Gasteiger partial charge on any atom is -0.374 e. The highest BCUT2D eigenvalue weighted by molar-refractivity contribution is 5.04. The molecule has 1 unspecified atom stereocenters. The normalized spacial score (nSPS) is 32.1. The van der Waals surface area contributed by atoms with Gasteiger partial charge in [-0.2, -0.15) is 0 Å². The second kappa shape index (κ2) is 2.40. The summed E-state index contributed by atoms with van der Waals surface area (Å²) in [5.41, 5.74) is 1.25. The van der Waals surface area contributed by atoms with Gasteiger partial charge in [-0.05, 0) is 19.8 Å². The van der Waals surface area contributed by atoms with Gasteiger partial charge in [0.15, 0.2) is 0 Å². The first-order valence-electron chi connectivity index (χ1n) is 3.32. The average Bonchev–Trinajstić information content (AvgIpc) is 2.15. The molecule has 1 heterocycles. The minimum atomic E-state index is -0.240. The molecule has 0 aromatic rings. The molecule has 1 fully saturated rings. The number of hydrogen-bond donors (Lipinski definition) is 1. The van der Waals surface area contributed by atoms with Crippen LogP contribution in [0.25, 0.3) is 0 Å². The van der Waals surface area contributed by atoms with Crippen molar-refractivity contribution in [2.24, 2.45) is 0 Å². The lowest BCUT2D eigenvalue weighted by Gasteiger charge is -2.16. The largest absolute Gasteiger partial charge is 0.374 e. The van der Waals surface area contributed by atoms with E-state index in [9.17, 15) is 5.11 Å². The zero-order valence-corrected chi connectivity index (χ0v) is 5.96. The molecule has 1 aliphatic rings. The minimum absolute atomic E-state index is 0.240. The van der Waals surface area contributed by atoms with Crippen LogP contribution < -0.4 is 0 Å². The van der Waals surface area contributed by atoms with E-state index in [2.05, 4.69) is 6.08 Å². The molecule has 0 aromatic carbocycles. The first kappa shape index (κ1) is 6.62. The Morgan fingerprint density at radius 1 is 1.78 bits per heavy atom. The van der Waals surface area contributed by atoms with Gasteiger partial charge in [0.05, 0.1) is 0 Å². The zero-order chi connectivity index (χ0) is 6.85. The van der Waals surface area contributed by atoms with Gasteiger partial charge in [-0.1, -0.05) is 6.08 Å². The van der Waals surface area contributed by atoms with Crippen molar-refractivity contribution < 1.29 is 5.11 Å². The van der Waals surface area contributed by atoms with Crippen molar-refractivity contribution in [2.45, 2.75) is 26.0 Å². The number of hydrogen-bond acceptors (Lipinski definition) is 2. The predicted octanol–water partition coefficient (Wildman–Crippen LogP) is 0.934. The van der Waals surface area contributed by atoms with Crippen LogP contribution in [-0.2, 0) is 0 Å². The molecule has 0 spiro atoms. The fraction of sp³-hybridized carbons (Fsp3) is 0.714. The topological polar surface area (TPSA) is 23.5 Å². The van der Waals surface area contributed by atoms with E-state index in [1.54, 1.807) is 0 Å². The molecule has 0 bridgehead atoms. The highest BCUT2D eigenvalue weighted by Gasteiger charge is 2.20. The number of likely N-dealkylation sites (tertiary alicyclic amines) is 1. The van der Waals surface area contributed by atoms with E-state index >= 15 is 0 Å². The third-order valence-corrected chi connectivity index (χ3v) is 1.89. The maximum atomic E-state index is 9.18. The number of rotatable bonds is 0. The lowest BCUT2D eigenvalue weighted by atomic mass is 10.3. The van der Waals surface area contributed by atoms with Gasteiger partial charge in [-0.25, -0.2) is 0 Å². The van der Waals surface area contributed by atoms with Crippen LogP contribution in [0.5, 0.6) is 0 Å². The molecular weight excluding hydrogens is 114 g/mol. The molecule has 1 atom stereocenters. The fourth-order valence-electron chi connectivity index (χ4n) is 1.19. The van der Waals surface area contributed by atoms with E-state index in [4.69, 9.17) is 0 Å². The summed E-state index contributed by atoms with van der Waals surface area (Å²) in [6, 6.07) is 0. The molecule has 0 amide bonds. The molecule has 9 heavy (non-hydrogen) atoms. The van der Waals surface area contributed by atoms with Crippen molar-refractivity contribution in [1.82, 2.24) is 4.90 Å². The van der Waals surface area contributed by atoms with Gasteiger partial charge >= 0.3 is 0 Å². The third kappa shape index (κ3) is 1.08. The Morgan fingerprint density at radius 3 is 2.67 bits per heavy atom. The van der Waals surface area contributed by atoms with Crippen LogP contribution in [0.4, 0.5) is 0 Å². The summed E-state index contributed by atoms with van der Waals surface area (Å²) < 4.78 is 0. The number of aliphatic hydroxyl groups excluding tert-OH is 1. The summed E-state index contributed by atoms with van der Waals surface area (Å²) in [6.07, 6.45) is 3.72. The molecule has 0 radical (unpaired) electrons. The Balaban J connectivity index is 2.62. The van der Waals surface area contributed by atoms with Crippen LogP contribution in [0.15, 0.2) is 11.8 Å². The molecule has 1 aliphatic heterocycles. The second-order valence-electron chi connectivity index (χ2n) is 2.41. The van der Waals surface area contributed by atoms with Gasteiger partial charge in [0, 0.05) is 12.7 Å². The van der Waals surface area contributed by atoms with Crippen LogP contribution in [0.2, 0.25) is 0 Å². The highest BCUT2D eigenvalue weighted by Crippen LogP contribution is 2.22. The van der Waals surface area contributed by atoms with Gasteiger partial charge < -0.3 is 10.0 Å². The SMILES string of the molecule is C/C=C1\CCC(O)N1C. The van der Waals surface area contributed by atoms with Crippen molar-refractivity contribution in [2.75, 3.05) is 7.05 Å². The molecule has 0 saturated carbocycles. The molecule has 1 saturated heterocycles. The number of aliphatic hydroxyl groups is 1. The molecule has 2 nitrogen and oxygen atoms in total. The number of nitrogens with zero attached hydrogens (tertiary/aromatic N) is 1. The van der Waals surface area contributed by atoms with Crippen molar-refractivity contribution in [3.8, 4) is 0 Å². The van der Waals surface area contributed by atoms with Crippen LogP contribution in [0.3, 0.4) is 0 Å². The van der Waals surface area contributed by atoms with Crippen molar-refractivity contribution in [3.63, 3.8) is 0 Å².